The summed E-state index contributed by atoms with van der Waals surface area (Å²) in [5.41, 5.74) is 1.52. The van der Waals surface area contributed by atoms with E-state index in [0.29, 0.717) is 21.7 Å². The first-order chi connectivity index (χ1) is 8.13. The fraction of sp³-hybridized carbons (Fsp3) is 0.364. The molecule has 2 aromatic heterocycles. The molecule has 0 aliphatic rings. The quantitative estimate of drug-likeness (QED) is 0.804. The van der Waals surface area contributed by atoms with Gasteiger partial charge < -0.3 is 0 Å². The first kappa shape index (κ1) is 12.3. The molecule has 0 aromatic carbocycles. The molecule has 2 aromatic rings. The number of rotatable bonds is 3. The number of aromatic nitrogens is 4. The first-order valence-corrected chi connectivity index (χ1v) is 6.11. The van der Waals surface area contributed by atoms with Gasteiger partial charge in [-0.15, -0.1) is 0 Å². The fourth-order valence-corrected chi connectivity index (χ4v) is 1.88. The van der Waals surface area contributed by atoms with Crippen LogP contribution < -0.4 is 0 Å². The van der Waals surface area contributed by atoms with Crippen LogP contribution in [0, 0.1) is 6.92 Å². The van der Waals surface area contributed by atoms with Gasteiger partial charge in [0, 0.05) is 18.3 Å². The smallest absolute Gasteiger partial charge is 0.180 e. The minimum atomic E-state index is 0.379. The van der Waals surface area contributed by atoms with Crippen LogP contribution in [0.25, 0.3) is 11.5 Å². The van der Waals surface area contributed by atoms with Crippen molar-refractivity contribution in [2.45, 2.75) is 26.8 Å². The van der Waals surface area contributed by atoms with E-state index in [4.69, 9.17) is 23.2 Å². The van der Waals surface area contributed by atoms with Crippen LogP contribution in [0.5, 0.6) is 0 Å². The third-order valence-electron chi connectivity index (χ3n) is 2.41. The van der Waals surface area contributed by atoms with E-state index in [1.807, 2.05) is 10.7 Å². The largest absolute Gasteiger partial charge is 0.262 e. The lowest BCUT2D eigenvalue weighted by atomic mass is 10.3. The van der Waals surface area contributed by atoms with Gasteiger partial charge in [0.1, 0.15) is 16.0 Å². The highest BCUT2D eigenvalue weighted by Gasteiger charge is 2.12. The molecule has 4 nitrogen and oxygen atoms in total. The van der Waals surface area contributed by atoms with Crippen LogP contribution in [-0.2, 0) is 6.54 Å². The third kappa shape index (κ3) is 2.42. The van der Waals surface area contributed by atoms with Gasteiger partial charge in [-0.3, -0.25) is 4.68 Å². The second-order valence-electron chi connectivity index (χ2n) is 3.69. The summed E-state index contributed by atoms with van der Waals surface area (Å²) in [4.78, 5) is 8.46. The zero-order valence-corrected chi connectivity index (χ0v) is 11.1. The Kier molecular flexibility index (Phi) is 3.64. The van der Waals surface area contributed by atoms with E-state index in [1.54, 1.807) is 13.1 Å². The number of hydrogen-bond acceptors (Lipinski definition) is 3. The summed E-state index contributed by atoms with van der Waals surface area (Å²) in [5, 5.41) is 4.97. The third-order valence-corrected chi connectivity index (χ3v) is 3.14. The zero-order valence-electron chi connectivity index (χ0n) is 9.61. The van der Waals surface area contributed by atoms with Crippen molar-refractivity contribution in [3.8, 4) is 11.5 Å². The Balaban J connectivity index is 2.49. The fourth-order valence-electron chi connectivity index (χ4n) is 1.49. The normalized spacial score (nSPS) is 10.8. The van der Waals surface area contributed by atoms with Gasteiger partial charge in [-0.2, -0.15) is 5.10 Å². The van der Waals surface area contributed by atoms with Crippen LogP contribution >= 0.6 is 23.2 Å². The summed E-state index contributed by atoms with van der Waals surface area (Å²) in [6.45, 7) is 4.69. The monoisotopic (exact) mass is 270 g/mol. The summed E-state index contributed by atoms with van der Waals surface area (Å²) in [6.07, 6.45) is 2.71. The van der Waals surface area contributed by atoms with E-state index < -0.39 is 0 Å². The highest BCUT2D eigenvalue weighted by Crippen LogP contribution is 2.24. The number of nitrogens with zero attached hydrogens (tertiary/aromatic N) is 4. The van der Waals surface area contributed by atoms with E-state index in [2.05, 4.69) is 22.0 Å². The van der Waals surface area contributed by atoms with Crippen molar-refractivity contribution < 1.29 is 0 Å². The number of halogens is 2. The van der Waals surface area contributed by atoms with Crippen molar-refractivity contribution >= 4 is 23.2 Å². The second-order valence-corrected chi connectivity index (χ2v) is 4.41. The summed E-state index contributed by atoms with van der Waals surface area (Å²) < 4.78 is 1.84. The maximum Gasteiger partial charge on any atom is 0.180 e. The van der Waals surface area contributed by atoms with Gasteiger partial charge in [0.2, 0.25) is 0 Å². The van der Waals surface area contributed by atoms with Gasteiger partial charge >= 0.3 is 0 Å². The van der Waals surface area contributed by atoms with Gasteiger partial charge in [0.15, 0.2) is 5.82 Å². The standard InChI is InChI=1S/C11H12Cl2N4/c1-3-6-17-8(4-5-14-17)11-15-9(12)7(2)10(13)16-11/h4-5H,3,6H2,1-2H3. The van der Waals surface area contributed by atoms with Crippen molar-refractivity contribution in [3.05, 3.63) is 28.1 Å². The molecule has 0 fully saturated rings. The van der Waals surface area contributed by atoms with Crippen LogP contribution in [-0.4, -0.2) is 19.7 Å². The second kappa shape index (κ2) is 5.02. The maximum absolute atomic E-state index is 6.00. The van der Waals surface area contributed by atoms with Gasteiger partial charge in [-0.25, -0.2) is 9.97 Å². The van der Waals surface area contributed by atoms with E-state index in [0.717, 1.165) is 18.7 Å². The SMILES string of the molecule is CCCn1nccc1-c1nc(Cl)c(C)c(Cl)n1. The Labute approximate surface area is 110 Å². The first-order valence-electron chi connectivity index (χ1n) is 5.35. The predicted molar refractivity (Wildman–Crippen MR) is 68.3 cm³/mol. The lowest BCUT2D eigenvalue weighted by Crippen LogP contribution is -2.04. The van der Waals surface area contributed by atoms with Crippen LogP contribution in [0.4, 0.5) is 0 Å². The Morgan fingerprint density at radius 3 is 2.47 bits per heavy atom. The molecule has 0 amide bonds. The molecule has 0 radical (unpaired) electrons. The molecule has 0 N–H and O–H groups in total. The van der Waals surface area contributed by atoms with Crippen molar-refractivity contribution in [3.63, 3.8) is 0 Å². The Morgan fingerprint density at radius 1 is 1.24 bits per heavy atom. The molecule has 90 valence electrons. The average molecular weight is 271 g/mol. The molecule has 2 heterocycles. The summed E-state index contributed by atoms with van der Waals surface area (Å²) in [6, 6.07) is 1.85. The molecule has 0 bridgehead atoms. The molecule has 2 rings (SSSR count). The minimum Gasteiger partial charge on any atom is -0.262 e. The highest BCUT2D eigenvalue weighted by molar-refractivity contribution is 6.34. The van der Waals surface area contributed by atoms with Crippen LogP contribution in [0.1, 0.15) is 18.9 Å². The Bertz CT molecular complexity index is 513. The van der Waals surface area contributed by atoms with Crippen molar-refractivity contribution in [2.24, 2.45) is 0 Å². The van der Waals surface area contributed by atoms with Gasteiger partial charge in [-0.05, 0) is 19.4 Å². The van der Waals surface area contributed by atoms with Crippen LogP contribution in [0.15, 0.2) is 12.3 Å². The molecule has 0 saturated carbocycles. The summed E-state index contributed by atoms with van der Waals surface area (Å²) in [5.74, 6) is 0.511. The molecule has 17 heavy (non-hydrogen) atoms. The number of hydrogen-bond donors (Lipinski definition) is 0. The molecule has 0 saturated heterocycles. The molecule has 0 aliphatic heterocycles. The molecule has 0 atom stereocenters. The summed E-state index contributed by atoms with van der Waals surface area (Å²) >= 11 is 12.0. The molecular formula is C11H12Cl2N4. The Hall–Kier alpha value is -1.13. The lowest BCUT2D eigenvalue weighted by Gasteiger charge is -2.07. The van der Waals surface area contributed by atoms with Crippen molar-refractivity contribution in [1.82, 2.24) is 19.7 Å². The van der Waals surface area contributed by atoms with E-state index >= 15 is 0 Å². The predicted octanol–water partition coefficient (Wildman–Crippen LogP) is 3.37. The van der Waals surface area contributed by atoms with Crippen molar-refractivity contribution in [2.75, 3.05) is 0 Å². The van der Waals surface area contributed by atoms with E-state index in [9.17, 15) is 0 Å². The van der Waals surface area contributed by atoms with Crippen molar-refractivity contribution in [1.29, 1.82) is 0 Å². The molecule has 0 unspecified atom stereocenters. The lowest BCUT2D eigenvalue weighted by molar-refractivity contribution is 0.606. The summed E-state index contributed by atoms with van der Waals surface area (Å²) in [7, 11) is 0. The van der Waals surface area contributed by atoms with Crippen LogP contribution in [0.2, 0.25) is 10.3 Å². The zero-order chi connectivity index (χ0) is 12.4. The molecule has 0 aliphatic carbocycles. The van der Waals surface area contributed by atoms with Gasteiger partial charge in [0.25, 0.3) is 0 Å². The average Bonchev–Trinajstić information content (AvgIpc) is 2.74. The van der Waals surface area contributed by atoms with E-state index in [-0.39, 0.29) is 0 Å². The van der Waals surface area contributed by atoms with Gasteiger partial charge in [0.05, 0.1) is 0 Å². The van der Waals surface area contributed by atoms with E-state index in [1.165, 1.54) is 0 Å². The number of aryl methyl sites for hydroxylation is 1. The maximum atomic E-state index is 6.00. The molecule has 0 spiro atoms. The van der Waals surface area contributed by atoms with Gasteiger partial charge in [-0.1, -0.05) is 30.1 Å². The Morgan fingerprint density at radius 2 is 1.88 bits per heavy atom. The molecule has 6 heteroatoms. The topological polar surface area (TPSA) is 43.6 Å². The van der Waals surface area contributed by atoms with Crippen LogP contribution in [0.3, 0.4) is 0 Å². The molecular weight excluding hydrogens is 259 g/mol. The minimum absolute atomic E-state index is 0.379. The highest BCUT2D eigenvalue weighted by atomic mass is 35.5.